The number of halogens is 3. The van der Waals surface area contributed by atoms with E-state index in [0.29, 0.717) is 13.0 Å². The van der Waals surface area contributed by atoms with E-state index in [1.54, 1.807) is 7.05 Å². The van der Waals surface area contributed by atoms with Crippen LogP contribution in [0.2, 0.25) is 0 Å². The Kier molecular flexibility index (Phi) is 6.30. The zero-order chi connectivity index (χ0) is 15.0. The fraction of sp³-hybridized carbons (Fsp3) is 0.462. The standard InChI is InChI=1S/C13H17F3N2O2/c1-17-7-6-12(19)18-8-9-20-11-5-3-2-4-10(11)13(14,15)16/h2-5,17H,6-9H2,1H3,(H,18,19). The Morgan fingerprint density at radius 2 is 1.95 bits per heavy atom. The molecule has 0 fully saturated rings. The molecule has 1 aromatic rings. The molecule has 0 bridgehead atoms. The number of hydrogen-bond acceptors (Lipinski definition) is 3. The first-order valence-electron chi connectivity index (χ1n) is 6.15. The Morgan fingerprint density at radius 1 is 1.25 bits per heavy atom. The number of carbonyl (C=O) groups excluding carboxylic acids is 1. The first-order chi connectivity index (χ1) is 9.45. The van der Waals surface area contributed by atoms with Crippen LogP contribution in [-0.4, -0.2) is 32.7 Å². The highest BCUT2D eigenvalue weighted by molar-refractivity contribution is 5.76. The maximum Gasteiger partial charge on any atom is 0.419 e. The van der Waals surface area contributed by atoms with Crippen molar-refractivity contribution >= 4 is 5.91 Å². The smallest absolute Gasteiger partial charge is 0.419 e. The lowest BCUT2D eigenvalue weighted by Gasteiger charge is -2.13. The van der Waals surface area contributed by atoms with E-state index in [0.717, 1.165) is 6.07 Å². The fourth-order valence-corrected chi connectivity index (χ4v) is 1.51. The average Bonchev–Trinajstić information content (AvgIpc) is 2.40. The Hall–Kier alpha value is -1.76. The van der Waals surface area contributed by atoms with Gasteiger partial charge in [-0.05, 0) is 19.2 Å². The van der Waals surface area contributed by atoms with Crippen molar-refractivity contribution in [3.05, 3.63) is 29.8 Å². The summed E-state index contributed by atoms with van der Waals surface area (Å²) in [6.45, 7) is 0.691. The molecule has 4 nitrogen and oxygen atoms in total. The molecule has 0 aromatic heterocycles. The second-order valence-electron chi connectivity index (χ2n) is 4.05. The van der Waals surface area contributed by atoms with Crippen LogP contribution < -0.4 is 15.4 Å². The summed E-state index contributed by atoms with van der Waals surface area (Å²) in [6.07, 6.45) is -4.14. The number of ether oxygens (including phenoxy) is 1. The van der Waals surface area contributed by atoms with E-state index in [-0.39, 0.29) is 24.8 Å². The lowest BCUT2D eigenvalue weighted by Crippen LogP contribution is -2.30. The van der Waals surface area contributed by atoms with Crippen LogP contribution in [-0.2, 0) is 11.0 Å². The van der Waals surface area contributed by atoms with Gasteiger partial charge in [0.1, 0.15) is 12.4 Å². The molecule has 7 heteroatoms. The van der Waals surface area contributed by atoms with Gasteiger partial charge in [0.05, 0.1) is 12.1 Å². The zero-order valence-electron chi connectivity index (χ0n) is 11.1. The summed E-state index contributed by atoms with van der Waals surface area (Å²) in [6, 6.07) is 4.98. The molecule has 0 aliphatic heterocycles. The molecular weight excluding hydrogens is 273 g/mol. The van der Waals surface area contributed by atoms with E-state index in [1.807, 2.05) is 0 Å². The van der Waals surface area contributed by atoms with E-state index in [1.165, 1.54) is 18.2 Å². The molecule has 1 aromatic carbocycles. The summed E-state index contributed by atoms with van der Waals surface area (Å²) in [5.41, 5.74) is -0.818. The summed E-state index contributed by atoms with van der Waals surface area (Å²) in [5.74, 6) is -0.406. The maximum atomic E-state index is 12.7. The van der Waals surface area contributed by atoms with Crippen LogP contribution in [0.15, 0.2) is 24.3 Å². The van der Waals surface area contributed by atoms with Crippen molar-refractivity contribution in [2.24, 2.45) is 0 Å². The number of hydrogen-bond donors (Lipinski definition) is 2. The molecular formula is C13H17F3N2O2. The van der Waals surface area contributed by atoms with Gasteiger partial charge < -0.3 is 15.4 Å². The van der Waals surface area contributed by atoms with Crippen LogP contribution in [0.5, 0.6) is 5.75 Å². The molecule has 0 aliphatic carbocycles. The molecule has 0 heterocycles. The van der Waals surface area contributed by atoms with Crippen LogP contribution in [0.4, 0.5) is 13.2 Å². The Balaban J connectivity index is 2.41. The fourth-order valence-electron chi connectivity index (χ4n) is 1.51. The highest BCUT2D eigenvalue weighted by Crippen LogP contribution is 2.35. The number of amides is 1. The van der Waals surface area contributed by atoms with Crippen LogP contribution in [0.25, 0.3) is 0 Å². The van der Waals surface area contributed by atoms with E-state index >= 15 is 0 Å². The molecule has 2 N–H and O–H groups in total. The molecule has 0 saturated carbocycles. The van der Waals surface area contributed by atoms with Crippen molar-refractivity contribution in [1.29, 1.82) is 0 Å². The molecule has 0 atom stereocenters. The van der Waals surface area contributed by atoms with Crippen molar-refractivity contribution in [3.8, 4) is 5.75 Å². The zero-order valence-corrected chi connectivity index (χ0v) is 11.1. The second kappa shape index (κ2) is 7.74. The molecule has 0 unspecified atom stereocenters. The summed E-state index contributed by atoms with van der Waals surface area (Å²) < 4.78 is 43.1. The lowest BCUT2D eigenvalue weighted by molar-refractivity contribution is -0.139. The maximum absolute atomic E-state index is 12.7. The number of carbonyl (C=O) groups is 1. The van der Waals surface area contributed by atoms with Gasteiger partial charge in [0.2, 0.25) is 5.91 Å². The van der Waals surface area contributed by atoms with E-state index < -0.39 is 11.7 Å². The van der Waals surface area contributed by atoms with Gasteiger partial charge >= 0.3 is 6.18 Å². The van der Waals surface area contributed by atoms with Gasteiger partial charge in [0.25, 0.3) is 0 Å². The molecule has 20 heavy (non-hydrogen) atoms. The molecule has 1 rings (SSSR count). The van der Waals surface area contributed by atoms with Crippen LogP contribution >= 0.6 is 0 Å². The quantitative estimate of drug-likeness (QED) is 0.753. The van der Waals surface area contributed by atoms with Gasteiger partial charge in [-0.2, -0.15) is 13.2 Å². The minimum Gasteiger partial charge on any atom is -0.491 e. The first-order valence-corrected chi connectivity index (χ1v) is 6.15. The third-order valence-corrected chi connectivity index (χ3v) is 2.48. The predicted molar refractivity (Wildman–Crippen MR) is 68.5 cm³/mol. The minimum absolute atomic E-state index is 0.0155. The topological polar surface area (TPSA) is 50.4 Å². The SMILES string of the molecule is CNCCC(=O)NCCOc1ccccc1C(F)(F)F. The normalized spacial score (nSPS) is 11.2. The van der Waals surface area contributed by atoms with Crippen LogP contribution in [0.1, 0.15) is 12.0 Å². The largest absolute Gasteiger partial charge is 0.491 e. The Morgan fingerprint density at radius 3 is 2.60 bits per heavy atom. The highest BCUT2D eigenvalue weighted by atomic mass is 19.4. The number of para-hydroxylation sites is 1. The predicted octanol–water partition coefficient (Wildman–Crippen LogP) is 1.81. The number of nitrogens with one attached hydrogen (secondary N) is 2. The summed E-state index contributed by atoms with van der Waals surface area (Å²) in [7, 11) is 1.73. The summed E-state index contributed by atoms with van der Waals surface area (Å²) >= 11 is 0. The van der Waals surface area contributed by atoms with Crippen molar-refractivity contribution in [3.63, 3.8) is 0 Å². The molecule has 0 spiro atoms. The van der Waals surface area contributed by atoms with Gasteiger partial charge in [0.15, 0.2) is 0 Å². The van der Waals surface area contributed by atoms with Crippen molar-refractivity contribution in [2.45, 2.75) is 12.6 Å². The first kappa shape index (κ1) is 16.3. The molecule has 0 saturated heterocycles. The lowest BCUT2D eigenvalue weighted by atomic mass is 10.2. The molecule has 0 aliphatic rings. The van der Waals surface area contributed by atoms with Crippen molar-refractivity contribution in [1.82, 2.24) is 10.6 Å². The van der Waals surface area contributed by atoms with Crippen molar-refractivity contribution < 1.29 is 22.7 Å². The summed E-state index contributed by atoms with van der Waals surface area (Å²) in [5, 5.41) is 5.38. The molecule has 0 radical (unpaired) electrons. The number of benzene rings is 1. The van der Waals surface area contributed by atoms with Gasteiger partial charge in [-0.15, -0.1) is 0 Å². The number of alkyl halides is 3. The highest BCUT2D eigenvalue weighted by Gasteiger charge is 2.33. The van der Waals surface area contributed by atoms with Gasteiger partial charge in [-0.25, -0.2) is 0 Å². The van der Waals surface area contributed by atoms with Gasteiger partial charge in [0, 0.05) is 13.0 Å². The van der Waals surface area contributed by atoms with Crippen LogP contribution in [0, 0.1) is 0 Å². The van der Waals surface area contributed by atoms with E-state index in [2.05, 4.69) is 10.6 Å². The third-order valence-electron chi connectivity index (χ3n) is 2.48. The van der Waals surface area contributed by atoms with E-state index in [4.69, 9.17) is 4.74 Å². The van der Waals surface area contributed by atoms with Gasteiger partial charge in [-0.1, -0.05) is 12.1 Å². The Bertz CT molecular complexity index is 436. The second-order valence-corrected chi connectivity index (χ2v) is 4.05. The summed E-state index contributed by atoms with van der Waals surface area (Å²) in [4.78, 5) is 11.3. The van der Waals surface area contributed by atoms with Crippen LogP contribution in [0.3, 0.4) is 0 Å². The van der Waals surface area contributed by atoms with Gasteiger partial charge in [-0.3, -0.25) is 4.79 Å². The Labute approximate surface area is 115 Å². The van der Waals surface area contributed by atoms with E-state index in [9.17, 15) is 18.0 Å². The minimum atomic E-state index is -4.45. The number of rotatable bonds is 7. The van der Waals surface area contributed by atoms with Crippen molar-refractivity contribution in [2.75, 3.05) is 26.7 Å². The average molecular weight is 290 g/mol. The third kappa shape index (κ3) is 5.48. The molecule has 112 valence electrons. The monoisotopic (exact) mass is 290 g/mol. The molecule has 1 amide bonds.